The molecular weight excluding hydrogens is 1870 g/mol. The fourth-order valence-corrected chi connectivity index (χ4v) is 22.1. The van der Waals surface area contributed by atoms with Gasteiger partial charge in [0.25, 0.3) is 11.8 Å². The minimum Gasteiger partial charge on any atom is -0.493 e. The number of carboxylic acid groups (broad SMARTS) is 1. The zero-order valence-electron chi connectivity index (χ0n) is 85.4. The summed E-state index contributed by atoms with van der Waals surface area (Å²) >= 11 is 3.18. The minimum absolute atomic E-state index is 0.0142. The summed E-state index contributed by atoms with van der Waals surface area (Å²) in [7, 11) is 0. The molecule has 6 aromatic carbocycles. The molecule has 0 bridgehead atoms. The number of ketones is 4. The van der Waals surface area contributed by atoms with Gasteiger partial charge in [-0.05, 0) is 238 Å². The number of hydrogen-bond acceptors (Lipinski definition) is 23. The van der Waals surface area contributed by atoms with Gasteiger partial charge < -0.3 is 75.6 Å². The second kappa shape index (κ2) is 49.9. The molecule has 5 amide bonds. The molecule has 145 heavy (non-hydrogen) atoms. The third kappa shape index (κ3) is 28.2. The zero-order chi connectivity index (χ0) is 104. The van der Waals surface area contributed by atoms with Gasteiger partial charge in [0.1, 0.15) is 34.7 Å². The van der Waals surface area contributed by atoms with Gasteiger partial charge in [0, 0.05) is 156 Å². The zero-order valence-corrected chi connectivity index (χ0v) is 87.0. The van der Waals surface area contributed by atoms with Crippen molar-refractivity contribution in [3.8, 4) is 54.9 Å². The number of fused-ring (bicyclic) bond motifs is 4. The van der Waals surface area contributed by atoms with Gasteiger partial charge in [-0.1, -0.05) is 114 Å². The number of β-amino-alcohol motifs (C(OH)–C–C–N with tert-alkyl or cyclic N) is 2. The number of aryl methyl sites for hydroxylation is 10. The Kier molecular flexibility index (Phi) is 37.4. The predicted molar refractivity (Wildman–Crippen MR) is 559 cm³/mol. The van der Waals surface area contributed by atoms with Gasteiger partial charge in [-0.25, -0.2) is 19.9 Å². The van der Waals surface area contributed by atoms with Crippen LogP contribution in [0, 0.1) is 50.4 Å². The molecule has 0 saturated carbocycles. The number of nitrogens with two attached hydrogens (primary N) is 1. The van der Waals surface area contributed by atoms with Crippen LogP contribution in [0.25, 0.3) is 43.4 Å². The Bertz CT molecular complexity index is 6240. The number of aliphatic carboxylic acids is 1. The van der Waals surface area contributed by atoms with E-state index in [2.05, 4.69) is 83.8 Å². The van der Waals surface area contributed by atoms with Gasteiger partial charge >= 0.3 is 5.97 Å². The number of aromatic nitrogens is 6. The Morgan fingerprint density at radius 1 is 0.503 bits per heavy atom. The normalized spacial score (nSPS) is 17.5. The Morgan fingerprint density at radius 2 is 0.917 bits per heavy atom. The average molecular weight is 2020 g/mol. The number of ether oxygens (including phenoxy) is 2. The molecule has 8 atom stereocenters. The van der Waals surface area contributed by atoms with Crippen molar-refractivity contribution in [1.29, 1.82) is 0 Å². The van der Waals surface area contributed by atoms with E-state index >= 15 is 0 Å². The third-order valence-corrected chi connectivity index (χ3v) is 31.1. The number of imidazole rings is 2. The first-order chi connectivity index (χ1) is 69.5. The van der Waals surface area contributed by atoms with E-state index in [4.69, 9.17) is 30.3 Å². The molecule has 4 aliphatic heterocycles. The highest BCUT2D eigenvalue weighted by Gasteiger charge is 2.47. The minimum atomic E-state index is -0.892. The molecule has 2 saturated heterocycles. The van der Waals surface area contributed by atoms with Crippen LogP contribution in [-0.2, 0) is 103 Å². The maximum Gasteiger partial charge on any atom is 0.303 e. The molecule has 10 N–H and O–H groups in total. The number of amides is 5. The van der Waals surface area contributed by atoms with Gasteiger partial charge in [-0.3, -0.25) is 47.9 Å². The summed E-state index contributed by atoms with van der Waals surface area (Å²) < 4.78 is 16.4. The maximum atomic E-state index is 14.1. The summed E-state index contributed by atoms with van der Waals surface area (Å²) in [4.78, 5) is 155. The van der Waals surface area contributed by atoms with Crippen molar-refractivity contribution in [2.24, 2.45) is 28.4 Å². The molecule has 0 unspecified atom stereocenters. The quantitative estimate of drug-likeness (QED) is 0.0160. The van der Waals surface area contributed by atoms with Gasteiger partial charge in [-0.2, -0.15) is 0 Å². The van der Waals surface area contributed by atoms with Crippen LogP contribution in [0.15, 0.2) is 133 Å². The molecule has 10 aromatic rings. The number of carboxylic acids is 1. The summed E-state index contributed by atoms with van der Waals surface area (Å²) in [6.45, 7) is 22.6. The number of aliphatic hydroxyl groups excluding tert-OH is 4. The lowest BCUT2D eigenvalue weighted by atomic mass is 9.76. The topological polar surface area (TPSA) is 420 Å². The second-order valence-electron chi connectivity index (χ2n) is 41.8. The Morgan fingerprint density at radius 3 is 1.31 bits per heavy atom. The van der Waals surface area contributed by atoms with Crippen LogP contribution in [0.1, 0.15) is 281 Å². The summed E-state index contributed by atoms with van der Waals surface area (Å²) in [5, 5.41) is 59.2. The van der Waals surface area contributed by atoms with E-state index < -0.39 is 52.9 Å². The SMILES string of the molecule is Cc1c(CO)cc(C(=O)N[C@@H]2CCc3ccc(-c4cn5c(n4)CCC5)cc32)cc1OCCCN.Cc1ncsc1-c1ccc(CCC(=O)[C@@H]2C[C@@H](O)CN2C(=O)[C@@H](CC(=O)CCCCC(=O)NCCCOc2cc(C(=O)N[C@@H]3CCc4ccc(-c5cn6c(n5)CCC6)cc43)cc(CO)c2C)C(C)(C)C)cc1.Cc1ncsc1-c1ccc(CCC(=O)[C@@H]2C[C@@H](O)CN2C(=O)[C@@H](CC(=O)CCCCC(=O)O)C(C)(C)C)cc1. The van der Waals surface area contributed by atoms with E-state index in [1.54, 1.807) is 46.9 Å². The number of thiazole rings is 2. The summed E-state index contributed by atoms with van der Waals surface area (Å²) in [6.07, 6.45) is 16.2. The van der Waals surface area contributed by atoms with E-state index in [9.17, 15) is 68.4 Å². The molecule has 2 fully saturated rings. The smallest absolute Gasteiger partial charge is 0.303 e. The lowest BCUT2D eigenvalue weighted by Gasteiger charge is -2.34. The molecule has 0 spiro atoms. The number of nitrogens with zero attached hydrogens (tertiary/aromatic N) is 8. The Labute approximate surface area is 857 Å². The standard InChI is InChI=1S/C57H70N6O8S.C30H40N2O6S.C27H32N4O3/c1-35-42(33-64)26-41(55(69)61-47-21-20-38-18-19-40(27-45(38)47)48-32-62-24-8-11-52(62)60-48)28-51(35)71-25-9-23-58-53(68)12-7-6-10-43(65)29-46(57(3,4)5)56(70)63-31-44(66)30-49(63)50(67)22-15-37-13-16-39(17-14-37)54-36(2)59-34-72-54;1-19-28(39-18-31-19)21-12-9-20(10-13-21)11-14-26(35)25-16-23(34)17-32(25)29(38)24(30(2,3)4)15-22(33)7-5-6-8-27(36)37;1-17-21(16-32)12-20(14-25(17)34-11-3-9-28)27(33)30-23-8-7-18-5-6-19(13-22(18)23)24-15-31-10-2-4-26(31)29-24/h13-14,16-19,26-28,32,34,44,46-47,49,64,66H,6-12,15,20-25,29-31,33H2,1-5H3,(H,58,68)(H,61,69);9-10,12-13,18,23-25,34H,5-8,11,14-17H2,1-4H3,(H,36,37);5-6,12-15,23,32H,2-4,7-11,16,28H2,1H3,(H,30,33)/t44-,46-,47-,49+;23-,24-,25+;23-/m111/s1. The lowest BCUT2D eigenvalue weighted by Crippen LogP contribution is -2.47. The number of benzene rings is 6. The molecule has 16 rings (SSSR count). The molecule has 4 aromatic heterocycles. The molecule has 2 aliphatic carbocycles. The highest BCUT2D eigenvalue weighted by Crippen LogP contribution is 2.42. The van der Waals surface area contributed by atoms with Crippen molar-refractivity contribution in [2.45, 2.75) is 299 Å². The number of hydrogen-bond donors (Lipinski definition) is 9. The van der Waals surface area contributed by atoms with Crippen LogP contribution >= 0.6 is 22.7 Å². The first kappa shape index (κ1) is 109. The molecule has 8 heterocycles. The van der Waals surface area contributed by atoms with Gasteiger partial charge in [0.05, 0.1) is 106 Å². The predicted octanol–water partition coefficient (Wildman–Crippen LogP) is 16.7. The van der Waals surface area contributed by atoms with Crippen LogP contribution < -0.4 is 31.2 Å². The number of rotatable bonds is 43. The van der Waals surface area contributed by atoms with E-state index in [-0.39, 0.29) is 162 Å². The number of carbonyl (C=O) groups excluding carboxylic acids is 9. The second-order valence-corrected chi connectivity index (χ2v) is 43.5. The van der Waals surface area contributed by atoms with Crippen LogP contribution in [0.2, 0.25) is 0 Å². The largest absolute Gasteiger partial charge is 0.493 e. The number of Topliss-reactive ketones (excluding diaryl/α,β-unsaturated/α-hetero) is 4. The molecule has 29 nitrogen and oxygen atoms in total. The van der Waals surface area contributed by atoms with E-state index in [1.165, 1.54) is 20.9 Å². The molecular formula is C114H142N12O17S2. The highest BCUT2D eigenvalue weighted by atomic mass is 32.1. The number of unbranched alkanes of at least 4 members (excludes halogenated alkanes) is 2. The lowest BCUT2D eigenvalue weighted by molar-refractivity contribution is -0.146. The fraction of sp³-hybridized carbons (Fsp3) is 0.491. The first-order valence-electron chi connectivity index (χ1n) is 51.5. The van der Waals surface area contributed by atoms with Crippen molar-refractivity contribution in [3.05, 3.63) is 222 Å². The van der Waals surface area contributed by atoms with Crippen LogP contribution in [-0.4, -0.2) is 187 Å². The number of aliphatic hydroxyl groups is 4. The fourth-order valence-electron chi connectivity index (χ4n) is 20.5. The number of nitrogens with one attached hydrogen (secondary N) is 3. The summed E-state index contributed by atoms with van der Waals surface area (Å²) in [6, 6.07) is 34.3. The average Bonchev–Trinajstić information content (AvgIpc) is 1.62. The highest BCUT2D eigenvalue weighted by molar-refractivity contribution is 7.13. The maximum absolute atomic E-state index is 14.1. The number of likely N-dealkylation sites (tertiary alicyclic amines) is 2. The number of carbonyl (C=O) groups is 10. The van der Waals surface area contributed by atoms with Gasteiger partial charge in [0.2, 0.25) is 17.7 Å². The molecule has 31 heteroatoms. The monoisotopic (exact) mass is 2020 g/mol. The van der Waals surface area contributed by atoms with Gasteiger partial charge in [-0.15, -0.1) is 22.7 Å². The van der Waals surface area contributed by atoms with Crippen molar-refractivity contribution in [1.82, 2.24) is 54.8 Å². The van der Waals surface area contributed by atoms with Crippen molar-refractivity contribution in [2.75, 3.05) is 39.4 Å². The van der Waals surface area contributed by atoms with E-state index in [0.717, 1.165) is 171 Å². The van der Waals surface area contributed by atoms with Crippen LogP contribution in [0.3, 0.4) is 0 Å². The van der Waals surface area contributed by atoms with Crippen molar-refractivity contribution in [3.63, 3.8) is 0 Å². The summed E-state index contributed by atoms with van der Waals surface area (Å²) in [5.41, 5.74) is 26.9. The first-order valence-corrected chi connectivity index (χ1v) is 53.2. The Hall–Kier alpha value is -12.1. The molecule has 772 valence electrons. The van der Waals surface area contributed by atoms with Crippen LogP contribution in [0.5, 0.6) is 11.5 Å². The molecule has 6 aliphatic rings. The van der Waals surface area contributed by atoms with Gasteiger partial charge in [0.15, 0.2) is 11.6 Å². The van der Waals surface area contributed by atoms with E-state index in [0.29, 0.717) is 98.4 Å². The summed E-state index contributed by atoms with van der Waals surface area (Å²) in [5.74, 6) is -0.253. The van der Waals surface area contributed by atoms with Crippen molar-refractivity contribution >= 4 is 81.3 Å². The third-order valence-electron chi connectivity index (χ3n) is 29.1. The Balaban J connectivity index is 0.000000191. The molecule has 0 radical (unpaired) electrons. The van der Waals surface area contributed by atoms with Crippen molar-refractivity contribution < 1.29 is 83.0 Å². The van der Waals surface area contributed by atoms with Crippen LogP contribution in [0.4, 0.5) is 0 Å². The van der Waals surface area contributed by atoms with E-state index in [1.807, 2.05) is 129 Å².